The maximum atomic E-state index is 13.2. The predicted molar refractivity (Wildman–Crippen MR) is 80.5 cm³/mol. The van der Waals surface area contributed by atoms with Gasteiger partial charge in [0.2, 0.25) is 0 Å². The van der Waals surface area contributed by atoms with Gasteiger partial charge < -0.3 is 11.1 Å². The van der Waals surface area contributed by atoms with Crippen molar-refractivity contribution in [2.24, 2.45) is 0 Å². The van der Waals surface area contributed by atoms with E-state index in [-0.39, 0.29) is 23.1 Å². The number of fused-ring (bicyclic) bond motifs is 1. The summed E-state index contributed by atoms with van der Waals surface area (Å²) in [5.41, 5.74) is 6.03. The summed E-state index contributed by atoms with van der Waals surface area (Å²) < 4.78 is 27.0. The largest absolute Gasteiger partial charge is 0.399 e. The topological polar surface area (TPSA) is 55.1 Å². The van der Waals surface area contributed by atoms with E-state index in [0.717, 1.165) is 11.5 Å². The first kappa shape index (κ1) is 13.5. The van der Waals surface area contributed by atoms with Gasteiger partial charge in [0.25, 0.3) is 5.91 Å². The molecule has 1 heterocycles. The van der Waals surface area contributed by atoms with Crippen molar-refractivity contribution in [1.29, 1.82) is 0 Å². The highest BCUT2D eigenvalue weighted by atomic mass is 32.1. The molecule has 106 valence electrons. The van der Waals surface area contributed by atoms with E-state index in [4.69, 9.17) is 5.73 Å². The lowest BCUT2D eigenvalue weighted by Crippen LogP contribution is -2.10. The van der Waals surface area contributed by atoms with Crippen LogP contribution in [0.15, 0.2) is 42.5 Å². The van der Waals surface area contributed by atoms with Gasteiger partial charge in [0.15, 0.2) is 0 Å². The number of anilines is 2. The fourth-order valence-corrected chi connectivity index (χ4v) is 2.98. The molecule has 21 heavy (non-hydrogen) atoms. The Morgan fingerprint density at radius 3 is 2.62 bits per heavy atom. The molecule has 0 aliphatic carbocycles. The molecule has 0 saturated carbocycles. The van der Waals surface area contributed by atoms with Gasteiger partial charge >= 0.3 is 0 Å². The first-order valence-corrected chi connectivity index (χ1v) is 6.89. The van der Waals surface area contributed by atoms with Crippen molar-refractivity contribution in [3.63, 3.8) is 0 Å². The van der Waals surface area contributed by atoms with Crippen LogP contribution in [0.3, 0.4) is 0 Å². The third-order valence-corrected chi connectivity index (χ3v) is 3.98. The fourth-order valence-electron chi connectivity index (χ4n) is 1.99. The third-order valence-electron chi connectivity index (χ3n) is 2.88. The van der Waals surface area contributed by atoms with Crippen LogP contribution in [-0.4, -0.2) is 5.91 Å². The first-order chi connectivity index (χ1) is 10.0. The molecule has 3 aromatic rings. The molecule has 0 bridgehead atoms. The van der Waals surface area contributed by atoms with E-state index in [0.29, 0.717) is 9.58 Å². The van der Waals surface area contributed by atoms with Crippen molar-refractivity contribution >= 4 is 38.7 Å². The average Bonchev–Trinajstić information content (AvgIpc) is 2.80. The van der Waals surface area contributed by atoms with Gasteiger partial charge in [0.05, 0.1) is 4.88 Å². The van der Waals surface area contributed by atoms with E-state index < -0.39 is 5.82 Å². The number of carbonyl (C=O) groups is 1. The molecular formula is C15H10F2N2OS. The highest BCUT2D eigenvalue weighted by Gasteiger charge is 2.11. The number of carbonyl (C=O) groups excluding carboxylic acids is 1. The Morgan fingerprint density at radius 1 is 1.05 bits per heavy atom. The number of hydrogen-bond acceptors (Lipinski definition) is 3. The summed E-state index contributed by atoms with van der Waals surface area (Å²) >= 11 is 1.17. The number of thiophene rings is 1. The Labute approximate surface area is 123 Å². The van der Waals surface area contributed by atoms with E-state index in [9.17, 15) is 13.6 Å². The molecular weight excluding hydrogens is 294 g/mol. The molecule has 0 aliphatic rings. The molecule has 0 radical (unpaired) electrons. The minimum Gasteiger partial charge on any atom is -0.399 e. The van der Waals surface area contributed by atoms with Crippen LogP contribution in [0.4, 0.5) is 20.2 Å². The van der Waals surface area contributed by atoms with Gasteiger partial charge in [-0.1, -0.05) is 6.07 Å². The van der Waals surface area contributed by atoms with Crippen LogP contribution in [0, 0.1) is 11.6 Å². The van der Waals surface area contributed by atoms with Gasteiger partial charge in [-0.25, -0.2) is 8.78 Å². The summed E-state index contributed by atoms with van der Waals surface area (Å²) in [5, 5.41) is 3.36. The normalized spacial score (nSPS) is 10.8. The Bertz CT molecular complexity index is 825. The van der Waals surface area contributed by atoms with Crippen LogP contribution in [-0.2, 0) is 0 Å². The number of rotatable bonds is 2. The Kier molecular flexibility index (Phi) is 3.31. The highest BCUT2D eigenvalue weighted by Crippen LogP contribution is 2.27. The van der Waals surface area contributed by atoms with Crippen LogP contribution in [0.5, 0.6) is 0 Å². The van der Waals surface area contributed by atoms with Crippen molar-refractivity contribution in [3.05, 3.63) is 59.0 Å². The SMILES string of the molecule is Nc1cc(F)cc(NC(=O)c2cc3ccc(F)cc3s2)c1. The summed E-state index contributed by atoms with van der Waals surface area (Å²) in [6, 6.07) is 9.80. The van der Waals surface area contributed by atoms with E-state index in [2.05, 4.69) is 5.32 Å². The Hall–Kier alpha value is -2.47. The molecule has 1 amide bonds. The van der Waals surface area contributed by atoms with Crippen molar-refractivity contribution < 1.29 is 13.6 Å². The molecule has 0 unspecified atom stereocenters. The number of hydrogen-bond donors (Lipinski definition) is 2. The number of benzene rings is 2. The van der Waals surface area contributed by atoms with E-state index >= 15 is 0 Å². The zero-order valence-electron chi connectivity index (χ0n) is 10.7. The van der Waals surface area contributed by atoms with E-state index in [1.165, 1.54) is 35.6 Å². The quantitative estimate of drug-likeness (QED) is 0.703. The summed E-state index contributed by atoms with van der Waals surface area (Å²) in [4.78, 5) is 12.5. The monoisotopic (exact) mass is 304 g/mol. The zero-order valence-corrected chi connectivity index (χ0v) is 11.5. The molecule has 0 aliphatic heterocycles. The van der Waals surface area contributed by atoms with Gasteiger partial charge in [-0.2, -0.15) is 0 Å². The third kappa shape index (κ3) is 2.85. The average molecular weight is 304 g/mol. The molecule has 0 saturated heterocycles. The standard InChI is InChI=1S/C15H10F2N2OS/c16-9-2-1-8-3-14(21-13(8)6-9)15(20)19-12-5-10(17)4-11(18)7-12/h1-7H,18H2,(H,19,20). The number of nitrogens with two attached hydrogens (primary N) is 1. The predicted octanol–water partition coefficient (Wildman–Crippen LogP) is 4.01. The molecule has 0 spiro atoms. The van der Waals surface area contributed by atoms with Gasteiger partial charge in [0, 0.05) is 16.1 Å². The smallest absolute Gasteiger partial charge is 0.265 e. The second-order valence-corrected chi connectivity index (χ2v) is 5.60. The molecule has 2 aromatic carbocycles. The number of nitrogens with one attached hydrogen (secondary N) is 1. The lowest BCUT2D eigenvalue weighted by Gasteiger charge is -2.04. The van der Waals surface area contributed by atoms with E-state index in [1.807, 2.05) is 0 Å². The number of nitrogen functional groups attached to an aromatic ring is 1. The molecule has 1 aromatic heterocycles. The molecule has 6 heteroatoms. The zero-order chi connectivity index (χ0) is 15.0. The summed E-state index contributed by atoms with van der Waals surface area (Å²) in [5.74, 6) is -1.26. The van der Waals surface area contributed by atoms with E-state index in [1.54, 1.807) is 12.1 Å². The molecule has 0 fully saturated rings. The summed E-state index contributed by atoms with van der Waals surface area (Å²) in [6.45, 7) is 0. The fraction of sp³-hybridized carbons (Fsp3) is 0. The second-order valence-electron chi connectivity index (χ2n) is 4.52. The van der Waals surface area contributed by atoms with Crippen molar-refractivity contribution in [3.8, 4) is 0 Å². The molecule has 3 nitrogen and oxygen atoms in total. The maximum Gasteiger partial charge on any atom is 0.265 e. The maximum absolute atomic E-state index is 13.2. The van der Waals surface area contributed by atoms with Crippen LogP contribution in [0.25, 0.3) is 10.1 Å². The Balaban J connectivity index is 1.89. The molecule has 3 rings (SSSR count). The second kappa shape index (κ2) is 5.14. The number of halogens is 2. The van der Waals surface area contributed by atoms with Crippen LogP contribution in [0.1, 0.15) is 9.67 Å². The minimum absolute atomic E-state index is 0.226. The van der Waals surface area contributed by atoms with Crippen molar-refractivity contribution in [1.82, 2.24) is 0 Å². The van der Waals surface area contributed by atoms with Gasteiger partial charge in [0.1, 0.15) is 11.6 Å². The van der Waals surface area contributed by atoms with Gasteiger partial charge in [-0.05, 0) is 41.8 Å². The molecule has 0 atom stereocenters. The van der Waals surface area contributed by atoms with Crippen LogP contribution >= 0.6 is 11.3 Å². The summed E-state index contributed by atoms with van der Waals surface area (Å²) in [6.07, 6.45) is 0. The Morgan fingerprint density at radius 2 is 1.86 bits per heavy atom. The van der Waals surface area contributed by atoms with Crippen molar-refractivity contribution in [2.45, 2.75) is 0 Å². The highest BCUT2D eigenvalue weighted by molar-refractivity contribution is 7.20. The first-order valence-electron chi connectivity index (χ1n) is 6.08. The van der Waals surface area contributed by atoms with Gasteiger partial charge in [-0.15, -0.1) is 11.3 Å². The van der Waals surface area contributed by atoms with Gasteiger partial charge in [-0.3, -0.25) is 4.79 Å². The lowest BCUT2D eigenvalue weighted by molar-refractivity contribution is 0.103. The van der Waals surface area contributed by atoms with Crippen LogP contribution < -0.4 is 11.1 Å². The minimum atomic E-state index is -0.524. The summed E-state index contributed by atoms with van der Waals surface area (Å²) in [7, 11) is 0. The number of amides is 1. The van der Waals surface area contributed by atoms with Crippen molar-refractivity contribution in [2.75, 3.05) is 11.1 Å². The molecule has 3 N–H and O–H groups in total. The lowest BCUT2D eigenvalue weighted by atomic mass is 10.2. The van der Waals surface area contributed by atoms with Crippen LogP contribution in [0.2, 0.25) is 0 Å².